The van der Waals surface area contributed by atoms with E-state index < -0.39 is 5.97 Å². The number of esters is 2. The number of ether oxygens (including phenoxy) is 3. The normalized spacial score (nSPS) is 11.5. The number of rotatable bonds is 6. The molecule has 0 saturated carbocycles. The van der Waals surface area contributed by atoms with Crippen LogP contribution in [0.3, 0.4) is 0 Å². The van der Waals surface area contributed by atoms with Crippen molar-refractivity contribution in [1.82, 2.24) is 0 Å². The van der Waals surface area contributed by atoms with Crippen LogP contribution in [-0.4, -0.2) is 32.3 Å². The SMILES string of the molecule is CCOC(=O)C(C)COc1ccc(C(=O)OC)cc1. The first-order valence-electron chi connectivity index (χ1n) is 6.06. The molecule has 1 rings (SSSR count). The standard InChI is InChI=1S/C14H18O5/c1-4-18-13(15)10(2)9-19-12-7-5-11(6-8-12)14(16)17-3/h5-8,10H,4,9H2,1-3H3. The van der Waals surface area contributed by atoms with Crippen molar-refractivity contribution in [1.29, 1.82) is 0 Å². The molecule has 0 radical (unpaired) electrons. The number of hydrogen-bond donors (Lipinski definition) is 0. The van der Waals surface area contributed by atoms with Gasteiger partial charge in [0, 0.05) is 0 Å². The molecule has 0 heterocycles. The summed E-state index contributed by atoms with van der Waals surface area (Å²) >= 11 is 0. The lowest BCUT2D eigenvalue weighted by molar-refractivity contribution is -0.148. The minimum absolute atomic E-state index is 0.233. The molecule has 0 spiro atoms. The Morgan fingerprint density at radius 2 is 1.84 bits per heavy atom. The summed E-state index contributed by atoms with van der Waals surface area (Å²) in [4.78, 5) is 22.6. The molecule has 0 aliphatic carbocycles. The van der Waals surface area contributed by atoms with Crippen LogP contribution in [0.4, 0.5) is 0 Å². The molecule has 1 unspecified atom stereocenters. The van der Waals surface area contributed by atoms with E-state index in [9.17, 15) is 9.59 Å². The predicted molar refractivity (Wildman–Crippen MR) is 69.1 cm³/mol. The van der Waals surface area contributed by atoms with Crippen molar-refractivity contribution in [2.45, 2.75) is 13.8 Å². The summed E-state index contributed by atoms with van der Waals surface area (Å²) in [6.45, 7) is 4.09. The Kier molecular flexibility index (Phi) is 5.85. The average Bonchev–Trinajstić information content (AvgIpc) is 2.44. The smallest absolute Gasteiger partial charge is 0.337 e. The van der Waals surface area contributed by atoms with Crippen molar-refractivity contribution in [2.24, 2.45) is 5.92 Å². The predicted octanol–water partition coefficient (Wildman–Crippen LogP) is 2.05. The second kappa shape index (κ2) is 7.41. The zero-order chi connectivity index (χ0) is 14.3. The molecule has 0 aliphatic rings. The van der Waals surface area contributed by atoms with Crippen LogP contribution in [0.25, 0.3) is 0 Å². The van der Waals surface area contributed by atoms with E-state index in [4.69, 9.17) is 9.47 Å². The van der Waals surface area contributed by atoms with Gasteiger partial charge < -0.3 is 14.2 Å². The average molecular weight is 266 g/mol. The quantitative estimate of drug-likeness (QED) is 0.737. The van der Waals surface area contributed by atoms with Crippen molar-refractivity contribution in [3.05, 3.63) is 29.8 Å². The maximum Gasteiger partial charge on any atom is 0.337 e. The zero-order valence-corrected chi connectivity index (χ0v) is 11.3. The van der Waals surface area contributed by atoms with E-state index in [1.54, 1.807) is 38.1 Å². The van der Waals surface area contributed by atoms with Crippen LogP contribution in [0.1, 0.15) is 24.2 Å². The fraction of sp³-hybridized carbons (Fsp3) is 0.429. The van der Waals surface area contributed by atoms with Gasteiger partial charge in [-0.1, -0.05) is 0 Å². The van der Waals surface area contributed by atoms with Gasteiger partial charge in [0.25, 0.3) is 0 Å². The molecule has 5 heteroatoms. The highest BCUT2D eigenvalue weighted by molar-refractivity contribution is 5.89. The fourth-order valence-electron chi connectivity index (χ4n) is 1.38. The summed E-state index contributed by atoms with van der Waals surface area (Å²) in [6.07, 6.45) is 0. The maximum atomic E-state index is 11.4. The van der Waals surface area contributed by atoms with Gasteiger partial charge in [0.2, 0.25) is 0 Å². The molecule has 0 aromatic heterocycles. The van der Waals surface area contributed by atoms with Crippen LogP contribution < -0.4 is 4.74 Å². The second-order valence-electron chi connectivity index (χ2n) is 3.98. The molecule has 104 valence electrons. The Morgan fingerprint density at radius 1 is 1.21 bits per heavy atom. The third-order valence-corrected chi connectivity index (χ3v) is 2.46. The van der Waals surface area contributed by atoms with Crippen LogP contribution >= 0.6 is 0 Å². The van der Waals surface area contributed by atoms with Crippen LogP contribution in [-0.2, 0) is 14.3 Å². The van der Waals surface area contributed by atoms with Gasteiger partial charge in [0.05, 0.1) is 25.2 Å². The van der Waals surface area contributed by atoms with Gasteiger partial charge in [0.1, 0.15) is 12.4 Å². The zero-order valence-electron chi connectivity index (χ0n) is 11.3. The minimum Gasteiger partial charge on any atom is -0.493 e. The molecule has 1 aromatic rings. The van der Waals surface area contributed by atoms with E-state index in [1.807, 2.05) is 0 Å². The van der Waals surface area contributed by atoms with Crippen LogP contribution in [0.5, 0.6) is 5.75 Å². The summed E-state index contributed by atoms with van der Waals surface area (Å²) < 4.78 is 14.9. The lowest BCUT2D eigenvalue weighted by atomic mass is 10.2. The van der Waals surface area contributed by atoms with E-state index in [1.165, 1.54) is 7.11 Å². The first-order valence-corrected chi connectivity index (χ1v) is 6.06. The molecule has 1 aromatic carbocycles. The molecule has 19 heavy (non-hydrogen) atoms. The van der Waals surface area contributed by atoms with Crippen molar-refractivity contribution in [2.75, 3.05) is 20.3 Å². The summed E-state index contributed by atoms with van der Waals surface area (Å²) in [6, 6.07) is 6.53. The Bertz CT molecular complexity index is 424. The maximum absolute atomic E-state index is 11.4. The molecular formula is C14H18O5. The Morgan fingerprint density at radius 3 is 2.37 bits per heavy atom. The highest BCUT2D eigenvalue weighted by atomic mass is 16.5. The topological polar surface area (TPSA) is 61.8 Å². The van der Waals surface area contributed by atoms with Gasteiger partial charge >= 0.3 is 11.9 Å². The number of carbonyl (C=O) groups is 2. The minimum atomic E-state index is -0.397. The third kappa shape index (κ3) is 4.62. The van der Waals surface area contributed by atoms with E-state index in [-0.39, 0.29) is 18.5 Å². The van der Waals surface area contributed by atoms with Gasteiger partial charge in [-0.3, -0.25) is 4.79 Å². The van der Waals surface area contributed by atoms with Crippen molar-refractivity contribution in [3.63, 3.8) is 0 Å². The van der Waals surface area contributed by atoms with Gasteiger partial charge in [-0.25, -0.2) is 4.79 Å². The number of methoxy groups -OCH3 is 1. The van der Waals surface area contributed by atoms with E-state index in [0.29, 0.717) is 17.9 Å². The monoisotopic (exact) mass is 266 g/mol. The Hall–Kier alpha value is -2.04. The van der Waals surface area contributed by atoms with E-state index in [2.05, 4.69) is 4.74 Å². The summed E-state index contributed by atoms with van der Waals surface area (Å²) in [5.41, 5.74) is 0.452. The summed E-state index contributed by atoms with van der Waals surface area (Å²) in [5.74, 6) is -0.427. The molecule has 0 fully saturated rings. The molecule has 0 amide bonds. The second-order valence-corrected chi connectivity index (χ2v) is 3.98. The first-order chi connectivity index (χ1) is 9.08. The molecule has 0 aliphatic heterocycles. The highest BCUT2D eigenvalue weighted by Gasteiger charge is 2.14. The van der Waals surface area contributed by atoms with Crippen LogP contribution in [0.15, 0.2) is 24.3 Å². The first kappa shape index (κ1) is 15.0. The van der Waals surface area contributed by atoms with Gasteiger partial charge in [-0.15, -0.1) is 0 Å². The largest absolute Gasteiger partial charge is 0.493 e. The van der Waals surface area contributed by atoms with Crippen molar-refractivity contribution >= 4 is 11.9 Å². The van der Waals surface area contributed by atoms with Crippen LogP contribution in [0, 0.1) is 5.92 Å². The van der Waals surface area contributed by atoms with Gasteiger partial charge in [0.15, 0.2) is 0 Å². The van der Waals surface area contributed by atoms with Crippen molar-refractivity contribution < 1.29 is 23.8 Å². The Balaban J connectivity index is 2.50. The third-order valence-electron chi connectivity index (χ3n) is 2.46. The van der Waals surface area contributed by atoms with E-state index in [0.717, 1.165) is 0 Å². The Labute approximate surface area is 112 Å². The van der Waals surface area contributed by atoms with E-state index >= 15 is 0 Å². The molecule has 0 N–H and O–H groups in total. The lowest BCUT2D eigenvalue weighted by Gasteiger charge is -2.12. The fourth-order valence-corrected chi connectivity index (χ4v) is 1.38. The number of benzene rings is 1. The van der Waals surface area contributed by atoms with Gasteiger partial charge in [-0.2, -0.15) is 0 Å². The number of carbonyl (C=O) groups excluding carboxylic acids is 2. The lowest BCUT2D eigenvalue weighted by Crippen LogP contribution is -2.21. The highest BCUT2D eigenvalue weighted by Crippen LogP contribution is 2.14. The molecular weight excluding hydrogens is 248 g/mol. The number of hydrogen-bond acceptors (Lipinski definition) is 5. The molecule has 5 nitrogen and oxygen atoms in total. The summed E-state index contributed by atoms with van der Waals surface area (Å²) in [7, 11) is 1.33. The van der Waals surface area contributed by atoms with Crippen LogP contribution in [0.2, 0.25) is 0 Å². The molecule has 1 atom stereocenters. The van der Waals surface area contributed by atoms with Crippen molar-refractivity contribution in [3.8, 4) is 5.75 Å². The van der Waals surface area contributed by atoms with Gasteiger partial charge in [-0.05, 0) is 38.1 Å². The summed E-state index contributed by atoms with van der Waals surface area (Å²) in [5, 5.41) is 0. The molecule has 0 saturated heterocycles. The molecule has 0 bridgehead atoms.